The summed E-state index contributed by atoms with van der Waals surface area (Å²) in [5.41, 5.74) is 13.7. The third kappa shape index (κ3) is 3.22. The number of benzene rings is 1. The molecule has 1 rings (SSSR count). The van der Waals surface area contributed by atoms with E-state index in [2.05, 4.69) is 6.92 Å². The third-order valence-electron chi connectivity index (χ3n) is 3.14. The molecule has 1 unspecified atom stereocenters. The number of nitrogens with two attached hydrogens (primary N) is 2. The number of aryl methyl sites for hydroxylation is 1. The van der Waals surface area contributed by atoms with Crippen LogP contribution in [0.3, 0.4) is 0 Å². The zero-order valence-electron chi connectivity index (χ0n) is 10.1. The number of rotatable bonds is 5. The molecule has 1 aromatic rings. The summed E-state index contributed by atoms with van der Waals surface area (Å²) in [6.45, 7) is 5.47. The van der Waals surface area contributed by atoms with Gasteiger partial charge in [0.15, 0.2) is 0 Å². The van der Waals surface area contributed by atoms with Crippen LogP contribution in [0.4, 0.5) is 0 Å². The predicted octanol–water partition coefficient (Wildman–Crippen LogP) is 1.73. The molecule has 0 aliphatic heterocycles. The molecule has 0 bridgehead atoms. The molecule has 0 aromatic heterocycles. The highest BCUT2D eigenvalue weighted by atomic mass is 16.3. The van der Waals surface area contributed by atoms with Crippen LogP contribution >= 0.6 is 0 Å². The summed E-state index contributed by atoms with van der Waals surface area (Å²) >= 11 is 0. The molecule has 0 aliphatic carbocycles. The molecule has 0 heterocycles. The van der Waals surface area contributed by atoms with Crippen LogP contribution in [0.25, 0.3) is 0 Å². The lowest BCUT2D eigenvalue weighted by Crippen LogP contribution is -2.24. The zero-order chi connectivity index (χ0) is 12.1. The Hall–Kier alpha value is -1.06. The lowest BCUT2D eigenvalue weighted by Gasteiger charge is -2.20. The Morgan fingerprint density at radius 1 is 1.25 bits per heavy atom. The molecule has 3 heteroatoms. The zero-order valence-corrected chi connectivity index (χ0v) is 10.1. The van der Waals surface area contributed by atoms with E-state index in [0.717, 1.165) is 12.0 Å². The maximum Gasteiger partial charge on any atom is 0.115 e. The van der Waals surface area contributed by atoms with E-state index in [1.807, 2.05) is 13.0 Å². The number of phenolic OH excluding ortho intramolecular Hbond substituents is 1. The fraction of sp³-hybridized carbons (Fsp3) is 0.538. The van der Waals surface area contributed by atoms with Gasteiger partial charge in [0.1, 0.15) is 5.75 Å². The van der Waals surface area contributed by atoms with E-state index in [-0.39, 0.29) is 0 Å². The predicted molar refractivity (Wildman–Crippen MR) is 67.5 cm³/mol. The number of aromatic hydroxyl groups is 1. The maximum atomic E-state index is 9.35. The standard InChI is InChI=1S/C13H22N2O/c1-9(5-11(7-14)8-15)13-4-3-12(16)6-10(13)2/h3-4,6,9,11,16H,5,7-8,14-15H2,1-2H3. The molecule has 1 aromatic carbocycles. The minimum atomic E-state index is 0.322. The molecule has 0 saturated heterocycles. The van der Waals surface area contributed by atoms with Crippen LogP contribution < -0.4 is 11.5 Å². The van der Waals surface area contributed by atoms with Crippen molar-refractivity contribution in [1.82, 2.24) is 0 Å². The van der Waals surface area contributed by atoms with Gasteiger partial charge in [-0.1, -0.05) is 13.0 Å². The molecular weight excluding hydrogens is 200 g/mol. The topological polar surface area (TPSA) is 72.3 Å². The average molecular weight is 222 g/mol. The van der Waals surface area contributed by atoms with Crippen molar-refractivity contribution in [3.8, 4) is 5.75 Å². The Labute approximate surface area is 97.5 Å². The highest BCUT2D eigenvalue weighted by molar-refractivity contribution is 5.35. The van der Waals surface area contributed by atoms with Crippen molar-refractivity contribution in [2.45, 2.75) is 26.2 Å². The van der Waals surface area contributed by atoms with Crippen LogP contribution in [0.5, 0.6) is 5.75 Å². The Morgan fingerprint density at radius 3 is 2.38 bits per heavy atom. The van der Waals surface area contributed by atoms with Crippen LogP contribution in [0.2, 0.25) is 0 Å². The quantitative estimate of drug-likeness (QED) is 0.710. The fourth-order valence-corrected chi connectivity index (χ4v) is 2.13. The Bertz CT molecular complexity index is 335. The molecule has 0 radical (unpaired) electrons. The van der Waals surface area contributed by atoms with Gasteiger partial charge in [-0.3, -0.25) is 0 Å². The first-order valence-corrected chi connectivity index (χ1v) is 5.78. The maximum absolute atomic E-state index is 9.35. The summed E-state index contributed by atoms with van der Waals surface area (Å²) in [5, 5.41) is 9.35. The second-order valence-electron chi connectivity index (χ2n) is 4.52. The molecule has 0 fully saturated rings. The van der Waals surface area contributed by atoms with Crippen LogP contribution in [-0.4, -0.2) is 18.2 Å². The third-order valence-corrected chi connectivity index (χ3v) is 3.14. The lowest BCUT2D eigenvalue weighted by molar-refractivity contribution is 0.461. The van der Waals surface area contributed by atoms with Gasteiger partial charge in [-0.05, 0) is 61.5 Å². The molecule has 90 valence electrons. The molecule has 0 amide bonds. The van der Waals surface area contributed by atoms with Gasteiger partial charge >= 0.3 is 0 Å². The minimum Gasteiger partial charge on any atom is -0.508 e. The van der Waals surface area contributed by atoms with Crippen LogP contribution in [0, 0.1) is 12.8 Å². The van der Waals surface area contributed by atoms with Gasteiger partial charge in [0.2, 0.25) is 0 Å². The second-order valence-corrected chi connectivity index (χ2v) is 4.52. The van der Waals surface area contributed by atoms with Gasteiger partial charge < -0.3 is 16.6 Å². The summed E-state index contributed by atoms with van der Waals surface area (Å²) in [5.74, 6) is 1.13. The number of phenols is 1. The molecule has 0 spiro atoms. The highest BCUT2D eigenvalue weighted by Gasteiger charge is 2.14. The van der Waals surface area contributed by atoms with Crippen molar-refractivity contribution in [2.24, 2.45) is 17.4 Å². The summed E-state index contributed by atoms with van der Waals surface area (Å²) < 4.78 is 0. The van der Waals surface area contributed by atoms with E-state index in [1.54, 1.807) is 12.1 Å². The Balaban J connectivity index is 2.76. The van der Waals surface area contributed by atoms with Gasteiger partial charge in [0.05, 0.1) is 0 Å². The van der Waals surface area contributed by atoms with Gasteiger partial charge in [-0.25, -0.2) is 0 Å². The van der Waals surface area contributed by atoms with E-state index >= 15 is 0 Å². The SMILES string of the molecule is Cc1cc(O)ccc1C(C)CC(CN)CN. The van der Waals surface area contributed by atoms with Crippen molar-refractivity contribution in [3.63, 3.8) is 0 Å². The first-order valence-electron chi connectivity index (χ1n) is 5.78. The van der Waals surface area contributed by atoms with Gasteiger partial charge in [0, 0.05) is 0 Å². The molecule has 16 heavy (non-hydrogen) atoms. The van der Waals surface area contributed by atoms with Gasteiger partial charge in [0.25, 0.3) is 0 Å². The van der Waals surface area contributed by atoms with Crippen molar-refractivity contribution in [3.05, 3.63) is 29.3 Å². The smallest absolute Gasteiger partial charge is 0.115 e. The van der Waals surface area contributed by atoms with E-state index in [1.165, 1.54) is 5.56 Å². The van der Waals surface area contributed by atoms with Crippen molar-refractivity contribution in [1.29, 1.82) is 0 Å². The molecule has 0 aliphatic rings. The van der Waals surface area contributed by atoms with Crippen LogP contribution in [0.15, 0.2) is 18.2 Å². The van der Waals surface area contributed by atoms with Crippen LogP contribution in [0.1, 0.15) is 30.4 Å². The fourth-order valence-electron chi connectivity index (χ4n) is 2.13. The van der Waals surface area contributed by atoms with Gasteiger partial charge in [-0.2, -0.15) is 0 Å². The number of hydrogen-bond acceptors (Lipinski definition) is 3. The molecule has 3 nitrogen and oxygen atoms in total. The first-order chi connectivity index (χ1) is 7.58. The van der Waals surface area contributed by atoms with E-state index < -0.39 is 0 Å². The van der Waals surface area contributed by atoms with Crippen molar-refractivity contribution >= 4 is 0 Å². The second kappa shape index (κ2) is 5.87. The number of hydrogen-bond donors (Lipinski definition) is 3. The molecule has 1 atom stereocenters. The largest absolute Gasteiger partial charge is 0.508 e. The average Bonchev–Trinajstić information content (AvgIpc) is 2.25. The van der Waals surface area contributed by atoms with E-state index in [0.29, 0.717) is 30.7 Å². The summed E-state index contributed by atoms with van der Waals surface area (Å²) in [4.78, 5) is 0. The molecule has 5 N–H and O–H groups in total. The summed E-state index contributed by atoms with van der Waals surface area (Å²) in [7, 11) is 0. The Kier molecular flexibility index (Phi) is 4.77. The monoisotopic (exact) mass is 222 g/mol. The van der Waals surface area contributed by atoms with Gasteiger partial charge in [-0.15, -0.1) is 0 Å². The molecule has 0 saturated carbocycles. The van der Waals surface area contributed by atoms with Crippen LogP contribution in [-0.2, 0) is 0 Å². The summed E-state index contributed by atoms with van der Waals surface area (Å²) in [6.07, 6.45) is 0.999. The molecular formula is C13H22N2O. The van der Waals surface area contributed by atoms with Crippen molar-refractivity contribution in [2.75, 3.05) is 13.1 Å². The lowest BCUT2D eigenvalue weighted by atomic mass is 9.88. The minimum absolute atomic E-state index is 0.322. The first kappa shape index (κ1) is 13.0. The normalized spacial score (nSPS) is 13.1. The summed E-state index contributed by atoms with van der Waals surface area (Å²) in [6, 6.07) is 5.52. The van der Waals surface area contributed by atoms with Crippen molar-refractivity contribution < 1.29 is 5.11 Å². The Morgan fingerprint density at radius 2 is 1.88 bits per heavy atom. The van der Waals surface area contributed by atoms with E-state index in [9.17, 15) is 5.11 Å². The highest BCUT2D eigenvalue weighted by Crippen LogP contribution is 2.27. The van der Waals surface area contributed by atoms with E-state index in [4.69, 9.17) is 11.5 Å².